The van der Waals surface area contributed by atoms with Gasteiger partial charge in [-0.1, -0.05) is 36.4 Å². The first-order valence-corrected chi connectivity index (χ1v) is 7.38. The van der Waals surface area contributed by atoms with E-state index >= 15 is 0 Å². The Hall–Kier alpha value is -2.51. The zero-order valence-corrected chi connectivity index (χ0v) is 12.5. The van der Waals surface area contributed by atoms with Gasteiger partial charge in [0.1, 0.15) is 19.3 Å². The van der Waals surface area contributed by atoms with Crippen molar-refractivity contribution in [2.24, 2.45) is 0 Å². The first-order valence-electron chi connectivity index (χ1n) is 7.38. The summed E-state index contributed by atoms with van der Waals surface area (Å²) in [7, 11) is 0. The molecule has 0 saturated heterocycles. The summed E-state index contributed by atoms with van der Waals surface area (Å²) in [5.74, 6) is 1.45. The maximum Gasteiger partial charge on any atom is 0.161 e. The molecule has 1 aliphatic heterocycles. The molecule has 2 aromatic carbocycles. The van der Waals surface area contributed by atoms with Gasteiger partial charge in [0.2, 0.25) is 0 Å². The van der Waals surface area contributed by atoms with E-state index in [-0.39, 0.29) is 6.04 Å². The van der Waals surface area contributed by atoms with E-state index in [1.54, 1.807) is 0 Å². The number of hydrogen-bond acceptors (Lipinski definition) is 4. The Morgan fingerprint density at radius 1 is 1.00 bits per heavy atom. The summed E-state index contributed by atoms with van der Waals surface area (Å²) in [5.41, 5.74) is 2.04. The van der Waals surface area contributed by atoms with E-state index < -0.39 is 6.04 Å². The fraction of sp³-hybridized carbons (Fsp3) is 0.278. The number of rotatable bonds is 4. The molecule has 0 aromatic heterocycles. The minimum absolute atomic E-state index is 0.0825. The van der Waals surface area contributed by atoms with Gasteiger partial charge in [0.05, 0.1) is 6.07 Å². The van der Waals surface area contributed by atoms with Crippen LogP contribution >= 0.6 is 0 Å². The molecule has 2 atom stereocenters. The Bertz CT molecular complexity index is 679. The smallest absolute Gasteiger partial charge is 0.161 e. The average Bonchev–Trinajstić information content (AvgIpc) is 2.59. The topological polar surface area (TPSA) is 54.3 Å². The molecule has 0 saturated carbocycles. The van der Waals surface area contributed by atoms with Gasteiger partial charge in [0.25, 0.3) is 0 Å². The third-order valence-electron chi connectivity index (χ3n) is 3.74. The molecule has 22 heavy (non-hydrogen) atoms. The Morgan fingerprint density at radius 3 is 2.45 bits per heavy atom. The van der Waals surface area contributed by atoms with Crippen LogP contribution in [0.1, 0.15) is 30.1 Å². The van der Waals surface area contributed by atoms with Gasteiger partial charge < -0.3 is 9.47 Å². The molecule has 1 N–H and O–H groups in total. The highest BCUT2D eigenvalue weighted by Gasteiger charge is 2.18. The SMILES string of the molecule is CC(NC(C#N)c1ccc2c(c1)OCCO2)c1ccccc1. The van der Waals surface area contributed by atoms with Crippen LogP contribution in [0, 0.1) is 11.3 Å². The number of benzene rings is 2. The lowest BCUT2D eigenvalue weighted by atomic mass is 10.0. The van der Waals surface area contributed by atoms with Crippen LogP contribution in [0.4, 0.5) is 0 Å². The molecule has 0 spiro atoms. The summed E-state index contributed by atoms with van der Waals surface area (Å²) in [5, 5.41) is 12.8. The van der Waals surface area contributed by atoms with Crippen molar-refractivity contribution in [3.8, 4) is 17.6 Å². The lowest BCUT2D eigenvalue weighted by molar-refractivity contribution is 0.171. The molecule has 4 nitrogen and oxygen atoms in total. The van der Waals surface area contributed by atoms with Crippen LogP contribution in [0.25, 0.3) is 0 Å². The molecular weight excluding hydrogens is 276 g/mol. The number of hydrogen-bond donors (Lipinski definition) is 1. The van der Waals surface area contributed by atoms with Crippen molar-refractivity contribution in [1.82, 2.24) is 5.32 Å². The standard InChI is InChI=1S/C18H18N2O2/c1-13(14-5-3-2-4-6-14)20-16(12-19)15-7-8-17-18(11-15)22-10-9-21-17/h2-8,11,13,16,20H,9-10H2,1H3. The molecule has 112 valence electrons. The maximum atomic E-state index is 9.49. The Kier molecular flexibility index (Phi) is 4.27. The fourth-order valence-corrected chi connectivity index (χ4v) is 2.54. The van der Waals surface area contributed by atoms with E-state index in [9.17, 15) is 5.26 Å². The zero-order chi connectivity index (χ0) is 15.4. The van der Waals surface area contributed by atoms with Crippen LogP contribution in [-0.4, -0.2) is 13.2 Å². The molecule has 0 radical (unpaired) electrons. The van der Waals surface area contributed by atoms with Gasteiger partial charge in [-0.2, -0.15) is 5.26 Å². The minimum Gasteiger partial charge on any atom is -0.486 e. The number of nitrogens with zero attached hydrogens (tertiary/aromatic N) is 1. The lowest BCUT2D eigenvalue weighted by Gasteiger charge is -2.22. The van der Waals surface area contributed by atoms with E-state index in [0.29, 0.717) is 19.0 Å². The summed E-state index contributed by atoms with van der Waals surface area (Å²) < 4.78 is 11.1. The number of ether oxygens (including phenoxy) is 2. The predicted octanol–water partition coefficient (Wildman–Crippen LogP) is 3.37. The van der Waals surface area contributed by atoms with Crippen molar-refractivity contribution in [2.45, 2.75) is 19.0 Å². The van der Waals surface area contributed by atoms with E-state index in [2.05, 4.69) is 30.4 Å². The van der Waals surface area contributed by atoms with Crippen molar-refractivity contribution in [2.75, 3.05) is 13.2 Å². The van der Waals surface area contributed by atoms with Crippen LogP contribution in [0.3, 0.4) is 0 Å². The molecule has 0 amide bonds. The first kappa shape index (κ1) is 14.4. The fourth-order valence-electron chi connectivity index (χ4n) is 2.54. The van der Waals surface area contributed by atoms with Crippen LogP contribution < -0.4 is 14.8 Å². The third-order valence-corrected chi connectivity index (χ3v) is 3.74. The van der Waals surface area contributed by atoms with Gasteiger partial charge in [-0.3, -0.25) is 5.32 Å². The largest absolute Gasteiger partial charge is 0.486 e. The number of fused-ring (bicyclic) bond motifs is 1. The average molecular weight is 294 g/mol. The second-order valence-electron chi connectivity index (χ2n) is 5.26. The number of nitrogens with one attached hydrogen (secondary N) is 1. The van der Waals surface area contributed by atoms with E-state index in [0.717, 1.165) is 16.9 Å². The van der Waals surface area contributed by atoms with Crippen molar-refractivity contribution >= 4 is 0 Å². The van der Waals surface area contributed by atoms with Gasteiger partial charge in [-0.25, -0.2) is 0 Å². The van der Waals surface area contributed by atoms with Crippen LogP contribution in [0.15, 0.2) is 48.5 Å². The quantitative estimate of drug-likeness (QED) is 0.939. The van der Waals surface area contributed by atoms with Crippen molar-refractivity contribution in [3.63, 3.8) is 0 Å². The minimum atomic E-state index is -0.397. The number of nitriles is 1. The highest BCUT2D eigenvalue weighted by molar-refractivity contribution is 5.45. The van der Waals surface area contributed by atoms with Crippen molar-refractivity contribution in [3.05, 3.63) is 59.7 Å². The predicted molar refractivity (Wildman–Crippen MR) is 83.8 cm³/mol. The van der Waals surface area contributed by atoms with E-state index in [1.807, 2.05) is 36.4 Å². The summed E-state index contributed by atoms with van der Waals surface area (Å²) in [6.45, 7) is 3.16. The Balaban J connectivity index is 1.78. The van der Waals surface area contributed by atoms with Gasteiger partial charge in [0.15, 0.2) is 11.5 Å². The summed E-state index contributed by atoms with van der Waals surface area (Å²) in [6.07, 6.45) is 0. The second kappa shape index (κ2) is 6.50. The van der Waals surface area contributed by atoms with Gasteiger partial charge in [-0.15, -0.1) is 0 Å². The monoisotopic (exact) mass is 294 g/mol. The normalized spacial score (nSPS) is 15.6. The summed E-state index contributed by atoms with van der Waals surface area (Å²) >= 11 is 0. The molecule has 0 bridgehead atoms. The molecule has 0 fully saturated rings. The van der Waals surface area contributed by atoms with Crippen molar-refractivity contribution in [1.29, 1.82) is 5.26 Å². The second-order valence-corrected chi connectivity index (χ2v) is 5.26. The molecule has 0 aliphatic carbocycles. The van der Waals surface area contributed by atoms with E-state index in [4.69, 9.17) is 9.47 Å². The maximum absolute atomic E-state index is 9.49. The zero-order valence-electron chi connectivity index (χ0n) is 12.5. The summed E-state index contributed by atoms with van der Waals surface area (Å²) in [4.78, 5) is 0. The Labute approximate surface area is 130 Å². The van der Waals surface area contributed by atoms with Gasteiger partial charge in [-0.05, 0) is 30.2 Å². The van der Waals surface area contributed by atoms with Crippen molar-refractivity contribution < 1.29 is 9.47 Å². The highest BCUT2D eigenvalue weighted by atomic mass is 16.6. The first-order chi connectivity index (χ1) is 10.8. The molecule has 3 rings (SSSR count). The van der Waals surface area contributed by atoms with Gasteiger partial charge in [0, 0.05) is 6.04 Å². The summed E-state index contributed by atoms with van der Waals surface area (Å²) in [6, 6.07) is 17.7. The lowest BCUT2D eigenvalue weighted by Crippen LogP contribution is -2.24. The van der Waals surface area contributed by atoms with E-state index in [1.165, 1.54) is 0 Å². The molecule has 2 aromatic rings. The van der Waals surface area contributed by atoms with Crippen LogP contribution in [-0.2, 0) is 0 Å². The Morgan fingerprint density at radius 2 is 1.73 bits per heavy atom. The third kappa shape index (κ3) is 3.05. The molecular formula is C18H18N2O2. The van der Waals surface area contributed by atoms with Crippen LogP contribution in [0.5, 0.6) is 11.5 Å². The highest BCUT2D eigenvalue weighted by Crippen LogP contribution is 2.33. The van der Waals surface area contributed by atoms with Gasteiger partial charge >= 0.3 is 0 Å². The molecule has 2 unspecified atom stereocenters. The molecule has 4 heteroatoms. The molecule has 1 aliphatic rings. The van der Waals surface area contributed by atoms with Crippen LogP contribution in [0.2, 0.25) is 0 Å². The molecule has 1 heterocycles.